The van der Waals surface area contributed by atoms with E-state index >= 15 is 0 Å². The first-order valence-electron chi connectivity index (χ1n) is 6.62. The predicted molar refractivity (Wildman–Crippen MR) is 87.3 cm³/mol. The van der Waals surface area contributed by atoms with Gasteiger partial charge in [-0.3, -0.25) is 9.69 Å². The highest BCUT2D eigenvalue weighted by Gasteiger charge is 2.09. The average Bonchev–Trinajstić information content (AvgIpc) is 2.41. The van der Waals surface area contributed by atoms with Crippen molar-refractivity contribution < 1.29 is 4.79 Å². The van der Waals surface area contributed by atoms with Gasteiger partial charge < -0.3 is 11.1 Å². The molecule has 0 aliphatic heterocycles. The fraction of sp³-hybridized carbons (Fsp3) is 0.188. The highest BCUT2D eigenvalue weighted by molar-refractivity contribution is 6.30. The molecule has 1 amide bonds. The first kappa shape index (κ1) is 15.4. The summed E-state index contributed by atoms with van der Waals surface area (Å²) in [6, 6.07) is 14.8. The Bertz CT molecular complexity index is 630. The van der Waals surface area contributed by atoms with E-state index < -0.39 is 0 Å². The van der Waals surface area contributed by atoms with E-state index in [0.29, 0.717) is 22.9 Å². The predicted octanol–water partition coefficient (Wildman–Crippen LogP) is 2.99. The number of likely N-dealkylation sites (N-methyl/N-ethyl adjacent to an activating group) is 1. The Hall–Kier alpha value is -2.04. The van der Waals surface area contributed by atoms with Crippen molar-refractivity contribution in [3.8, 4) is 0 Å². The van der Waals surface area contributed by atoms with Crippen LogP contribution in [0.3, 0.4) is 0 Å². The molecule has 0 unspecified atom stereocenters. The van der Waals surface area contributed by atoms with E-state index in [9.17, 15) is 4.79 Å². The van der Waals surface area contributed by atoms with Crippen LogP contribution in [0.25, 0.3) is 0 Å². The molecule has 0 bridgehead atoms. The lowest BCUT2D eigenvalue weighted by Crippen LogP contribution is -2.30. The van der Waals surface area contributed by atoms with E-state index in [1.165, 1.54) is 0 Å². The van der Waals surface area contributed by atoms with Crippen molar-refractivity contribution in [3.63, 3.8) is 0 Å². The second-order valence-electron chi connectivity index (χ2n) is 4.94. The number of nitrogen functional groups attached to an aromatic ring is 1. The number of carbonyl (C=O) groups excluding carboxylic acids is 1. The van der Waals surface area contributed by atoms with Crippen LogP contribution in [-0.2, 0) is 11.3 Å². The molecule has 0 aliphatic rings. The second kappa shape index (κ2) is 7.11. The summed E-state index contributed by atoms with van der Waals surface area (Å²) in [5, 5.41) is 3.50. The molecule has 3 N–H and O–H groups in total. The highest BCUT2D eigenvalue weighted by atomic mass is 35.5. The first-order chi connectivity index (χ1) is 10.0. The molecule has 4 nitrogen and oxygen atoms in total. The van der Waals surface area contributed by atoms with E-state index in [2.05, 4.69) is 5.32 Å². The van der Waals surface area contributed by atoms with E-state index in [1.54, 1.807) is 12.1 Å². The van der Waals surface area contributed by atoms with Gasteiger partial charge in [-0.2, -0.15) is 0 Å². The van der Waals surface area contributed by atoms with Crippen molar-refractivity contribution in [3.05, 3.63) is 59.1 Å². The fourth-order valence-electron chi connectivity index (χ4n) is 2.05. The fourth-order valence-corrected chi connectivity index (χ4v) is 2.26. The van der Waals surface area contributed by atoms with Crippen LogP contribution in [0.1, 0.15) is 5.56 Å². The summed E-state index contributed by atoms with van der Waals surface area (Å²) in [5.74, 6) is -0.0996. The van der Waals surface area contributed by atoms with E-state index in [0.717, 1.165) is 5.56 Å². The maximum atomic E-state index is 12.0. The molecule has 5 heteroatoms. The molecular weight excluding hydrogens is 286 g/mol. The quantitative estimate of drug-likeness (QED) is 0.835. The number of benzene rings is 2. The Kier molecular flexibility index (Phi) is 5.20. The molecule has 2 rings (SSSR count). The third kappa shape index (κ3) is 4.77. The molecule has 21 heavy (non-hydrogen) atoms. The number of carbonyl (C=O) groups is 1. The van der Waals surface area contributed by atoms with E-state index in [-0.39, 0.29) is 12.5 Å². The Labute approximate surface area is 129 Å². The minimum absolute atomic E-state index is 0.0996. The lowest BCUT2D eigenvalue weighted by atomic mass is 10.2. The lowest BCUT2D eigenvalue weighted by Gasteiger charge is -2.17. The van der Waals surface area contributed by atoms with Gasteiger partial charge in [-0.05, 0) is 36.9 Å². The summed E-state index contributed by atoms with van der Waals surface area (Å²) in [7, 11) is 1.88. The number of amides is 1. The van der Waals surface area contributed by atoms with Crippen LogP contribution in [-0.4, -0.2) is 24.4 Å². The van der Waals surface area contributed by atoms with Crippen molar-refractivity contribution in [2.75, 3.05) is 24.6 Å². The molecule has 0 radical (unpaired) electrons. The van der Waals surface area contributed by atoms with Crippen molar-refractivity contribution in [2.24, 2.45) is 0 Å². The topological polar surface area (TPSA) is 58.4 Å². The number of nitrogens with one attached hydrogen (secondary N) is 1. The summed E-state index contributed by atoms with van der Waals surface area (Å²) in [4.78, 5) is 13.9. The van der Waals surface area contributed by atoms with Gasteiger partial charge >= 0.3 is 0 Å². The number of para-hydroxylation sites is 2. The third-order valence-corrected chi connectivity index (χ3v) is 3.23. The maximum absolute atomic E-state index is 12.0. The van der Waals surface area contributed by atoms with Gasteiger partial charge in [0.05, 0.1) is 17.9 Å². The summed E-state index contributed by atoms with van der Waals surface area (Å²) in [5.41, 5.74) is 8.06. The van der Waals surface area contributed by atoms with Gasteiger partial charge in [-0.1, -0.05) is 35.9 Å². The second-order valence-corrected chi connectivity index (χ2v) is 5.37. The van der Waals surface area contributed by atoms with Crippen molar-refractivity contribution in [1.29, 1.82) is 0 Å². The number of nitrogens with two attached hydrogens (primary N) is 1. The third-order valence-electron chi connectivity index (χ3n) is 2.99. The molecular formula is C16H18ClN3O. The van der Waals surface area contributed by atoms with Gasteiger partial charge in [0.1, 0.15) is 0 Å². The van der Waals surface area contributed by atoms with Crippen LogP contribution in [0.15, 0.2) is 48.5 Å². The number of hydrogen-bond acceptors (Lipinski definition) is 3. The Morgan fingerprint density at radius 3 is 2.71 bits per heavy atom. The minimum atomic E-state index is -0.0996. The standard InChI is InChI=1S/C16H18ClN3O/c1-20(10-12-5-4-6-13(17)9-12)11-16(21)19-15-8-3-2-7-14(15)18/h2-9H,10-11,18H2,1H3,(H,19,21). The SMILES string of the molecule is CN(CC(=O)Nc1ccccc1N)Cc1cccc(Cl)c1. The van der Waals surface area contributed by atoms with E-state index in [4.69, 9.17) is 17.3 Å². The molecule has 110 valence electrons. The molecule has 0 atom stereocenters. The van der Waals surface area contributed by atoms with Crippen molar-refractivity contribution in [2.45, 2.75) is 6.54 Å². The van der Waals surface area contributed by atoms with Gasteiger partial charge in [-0.25, -0.2) is 0 Å². The lowest BCUT2D eigenvalue weighted by molar-refractivity contribution is -0.117. The number of rotatable bonds is 5. The average molecular weight is 304 g/mol. The summed E-state index contributed by atoms with van der Waals surface area (Å²) in [6.07, 6.45) is 0. The normalized spacial score (nSPS) is 10.6. The zero-order valence-electron chi connectivity index (χ0n) is 11.8. The van der Waals surface area contributed by atoms with Crippen LogP contribution >= 0.6 is 11.6 Å². The highest BCUT2D eigenvalue weighted by Crippen LogP contribution is 2.16. The van der Waals surface area contributed by atoms with Gasteiger partial charge in [0.2, 0.25) is 5.91 Å². The zero-order valence-corrected chi connectivity index (χ0v) is 12.6. The Morgan fingerprint density at radius 2 is 2.00 bits per heavy atom. The molecule has 0 saturated carbocycles. The number of hydrogen-bond donors (Lipinski definition) is 2. The summed E-state index contributed by atoms with van der Waals surface area (Å²) >= 11 is 5.95. The number of halogens is 1. The Morgan fingerprint density at radius 1 is 1.24 bits per heavy atom. The molecule has 0 saturated heterocycles. The summed E-state index contributed by atoms with van der Waals surface area (Å²) < 4.78 is 0. The molecule has 0 aromatic heterocycles. The molecule has 0 heterocycles. The van der Waals surface area contributed by atoms with Gasteiger partial charge in [0.25, 0.3) is 0 Å². The molecule has 0 aliphatic carbocycles. The largest absolute Gasteiger partial charge is 0.397 e. The van der Waals surface area contributed by atoms with Crippen molar-refractivity contribution in [1.82, 2.24) is 4.90 Å². The van der Waals surface area contributed by atoms with Crippen LogP contribution in [0, 0.1) is 0 Å². The zero-order chi connectivity index (χ0) is 15.2. The minimum Gasteiger partial charge on any atom is -0.397 e. The van der Waals surface area contributed by atoms with Crippen LogP contribution in [0.5, 0.6) is 0 Å². The van der Waals surface area contributed by atoms with Crippen LogP contribution in [0.2, 0.25) is 5.02 Å². The van der Waals surface area contributed by atoms with Gasteiger partial charge in [-0.15, -0.1) is 0 Å². The number of nitrogens with zero attached hydrogens (tertiary/aromatic N) is 1. The Balaban J connectivity index is 1.89. The summed E-state index contributed by atoms with van der Waals surface area (Å²) in [6.45, 7) is 0.930. The van der Waals surface area contributed by atoms with Crippen molar-refractivity contribution >= 4 is 28.9 Å². The van der Waals surface area contributed by atoms with Gasteiger partial charge in [0, 0.05) is 11.6 Å². The van der Waals surface area contributed by atoms with Gasteiger partial charge in [0.15, 0.2) is 0 Å². The molecule has 0 fully saturated rings. The molecule has 2 aromatic rings. The smallest absolute Gasteiger partial charge is 0.238 e. The molecule has 2 aromatic carbocycles. The number of anilines is 2. The van der Waals surface area contributed by atoms with Crippen LogP contribution < -0.4 is 11.1 Å². The first-order valence-corrected chi connectivity index (χ1v) is 7.00. The molecule has 0 spiro atoms. The van der Waals surface area contributed by atoms with Crippen LogP contribution in [0.4, 0.5) is 11.4 Å². The van der Waals surface area contributed by atoms with E-state index in [1.807, 2.05) is 48.3 Å². The monoisotopic (exact) mass is 303 g/mol. The maximum Gasteiger partial charge on any atom is 0.238 e.